The van der Waals surface area contributed by atoms with Crippen molar-refractivity contribution in [2.24, 2.45) is 0 Å². The summed E-state index contributed by atoms with van der Waals surface area (Å²) in [7, 11) is 0. The van der Waals surface area contributed by atoms with Gasteiger partial charge in [0.15, 0.2) is 6.10 Å². The summed E-state index contributed by atoms with van der Waals surface area (Å²) in [6.45, 7) is 6.12. The second-order valence-corrected chi connectivity index (χ2v) is 7.50. The highest BCUT2D eigenvalue weighted by Gasteiger charge is 2.20. The smallest absolute Gasteiger partial charge is 0.344 e. The van der Waals surface area contributed by atoms with Gasteiger partial charge in [-0.2, -0.15) is 0 Å². The standard InChI is InChI=1S/C20H23ClO3S/c1-4-15-12-16(7-8-17(15)21)24-18(20(22)23)9-10-25-19-11-13(2)5-6-14(19)3/h5-8,11-12,18H,4,9-10H2,1-3H3,(H,22,23). The molecule has 0 aromatic heterocycles. The fraction of sp³-hybridized carbons (Fsp3) is 0.350. The van der Waals surface area contributed by atoms with Crippen molar-refractivity contribution in [1.29, 1.82) is 0 Å². The van der Waals surface area contributed by atoms with Gasteiger partial charge in [0.05, 0.1) is 0 Å². The van der Waals surface area contributed by atoms with Crippen molar-refractivity contribution in [3.05, 3.63) is 58.1 Å². The minimum atomic E-state index is -0.949. The van der Waals surface area contributed by atoms with Crippen LogP contribution in [0.4, 0.5) is 0 Å². The van der Waals surface area contributed by atoms with Crippen LogP contribution < -0.4 is 4.74 Å². The Morgan fingerprint density at radius 1 is 1.24 bits per heavy atom. The quantitative estimate of drug-likeness (QED) is 0.613. The second kappa shape index (κ2) is 9.16. The van der Waals surface area contributed by atoms with Gasteiger partial charge in [0, 0.05) is 22.1 Å². The van der Waals surface area contributed by atoms with E-state index in [4.69, 9.17) is 16.3 Å². The molecule has 0 heterocycles. The van der Waals surface area contributed by atoms with Gasteiger partial charge in [-0.15, -0.1) is 11.8 Å². The number of aliphatic carboxylic acids is 1. The first kappa shape index (κ1) is 19.7. The molecule has 2 aromatic rings. The van der Waals surface area contributed by atoms with Gasteiger partial charge >= 0.3 is 5.97 Å². The average Bonchev–Trinajstić information content (AvgIpc) is 2.58. The van der Waals surface area contributed by atoms with E-state index in [0.717, 1.165) is 12.0 Å². The van der Waals surface area contributed by atoms with Crippen LogP contribution >= 0.6 is 23.4 Å². The summed E-state index contributed by atoms with van der Waals surface area (Å²) in [4.78, 5) is 12.7. The lowest BCUT2D eigenvalue weighted by Gasteiger charge is -2.16. The first-order valence-corrected chi connectivity index (χ1v) is 9.65. The molecular weight excluding hydrogens is 356 g/mol. The molecule has 1 unspecified atom stereocenters. The minimum Gasteiger partial charge on any atom is -0.479 e. The maximum atomic E-state index is 11.5. The molecule has 3 nitrogen and oxygen atoms in total. The van der Waals surface area contributed by atoms with Crippen molar-refractivity contribution in [1.82, 2.24) is 0 Å². The van der Waals surface area contributed by atoms with Crippen molar-refractivity contribution in [2.75, 3.05) is 5.75 Å². The highest BCUT2D eigenvalue weighted by Crippen LogP contribution is 2.27. The molecule has 25 heavy (non-hydrogen) atoms. The number of benzene rings is 2. The Morgan fingerprint density at radius 3 is 2.68 bits per heavy atom. The first-order valence-electron chi connectivity index (χ1n) is 8.28. The largest absolute Gasteiger partial charge is 0.479 e. The number of carboxylic acids is 1. The summed E-state index contributed by atoms with van der Waals surface area (Å²) in [6.07, 6.45) is 0.330. The molecule has 0 radical (unpaired) electrons. The van der Waals surface area contributed by atoms with E-state index < -0.39 is 12.1 Å². The molecule has 0 spiro atoms. The SMILES string of the molecule is CCc1cc(OC(CCSc2cc(C)ccc2C)C(=O)O)ccc1Cl. The molecule has 0 bridgehead atoms. The molecule has 0 fully saturated rings. The number of carboxylic acid groups (broad SMARTS) is 1. The zero-order valence-corrected chi connectivity index (χ0v) is 16.3. The molecule has 1 N–H and O–H groups in total. The van der Waals surface area contributed by atoms with E-state index in [1.807, 2.05) is 13.0 Å². The Bertz CT molecular complexity index is 746. The molecule has 0 aliphatic heterocycles. The van der Waals surface area contributed by atoms with Crippen molar-refractivity contribution in [2.45, 2.75) is 44.6 Å². The number of hydrogen-bond acceptors (Lipinski definition) is 3. The van der Waals surface area contributed by atoms with Crippen LogP contribution in [0.3, 0.4) is 0 Å². The second-order valence-electron chi connectivity index (χ2n) is 5.96. The van der Waals surface area contributed by atoms with Crippen molar-refractivity contribution < 1.29 is 14.6 Å². The average molecular weight is 379 g/mol. The fourth-order valence-corrected chi connectivity index (χ4v) is 3.80. The molecule has 0 amide bonds. The molecule has 0 saturated heterocycles. The van der Waals surface area contributed by atoms with Crippen molar-refractivity contribution in [3.63, 3.8) is 0 Å². The number of rotatable bonds is 8. The predicted molar refractivity (Wildman–Crippen MR) is 104 cm³/mol. The van der Waals surface area contributed by atoms with E-state index >= 15 is 0 Å². The number of hydrogen-bond donors (Lipinski definition) is 1. The van der Waals surface area contributed by atoms with E-state index in [2.05, 4.69) is 32.0 Å². The lowest BCUT2D eigenvalue weighted by atomic mass is 10.1. The number of thioether (sulfide) groups is 1. The molecule has 134 valence electrons. The van der Waals surface area contributed by atoms with Gasteiger partial charge in [-0.05, 0) is 55.7 Å². The third-order valence-corrected chi connectivity index (χ3v) is 5.49. The van der Waals surface area contributed by atoms with Gasteiger partial charge in [-0.1, -0.05) is 36.2 Å². The molecular formula is C20H23ClO3S. The zero-order valence-electron chi connectivity index (χ0n) is 14.7. The molecule has 0 saturated carbocycles. The van der Waals surface area contributed by atoms with E-state index in [9.17, 15) is 9.90 Å². The third-order valence-electron chi connectivity index (χ3n) is 3.93. The maximum absolute atomic E-state index is 11.5. The monoisotopic (exact) mass is 378 g/mol. The third kappa shape index (κ3) is 5.68. The maximum Gasteiger partial charge on any atom is 0.344 e. The van der Waals surface area contributed by atoms with Crippen LogP contribution in [0, 0.1) is 13.8 Å². The summed E-state index contributed by atoms with van der Waals surface area (Å²) in [5.74, 6) is 0.273. The number of aryl methyl sites for hydroxylation is 3. The van der Waals surface area contributed by atoms with Gasteiger partial charge in [-0.3, -0.25) is 0 Å². The molecule has 0 aliphatic rings. The van der Waals surface area contributed by atoms with Gasteiger partial charge < -0.3 is 9.84 Å². The van der Waals surface area contributed by atoms with E-state index in [1.54, 1.807) is 23.9 Å². The van der Waals surface area contributed by atoms with Crippen LogP contribution in [0.5, 0.6) is 5.75 Å². The fourth-order valence-electron chi connectivity index (χ4n) is 2.43. The molecule has 2 aromatic carbocycles. The lowest BCUT2D eigenvalue weighted by molar-refractivity contribution is -0.145. The summed E-state index contributed by atoms with van der Waals surface area (Å²) in [5, 5.41) is 10.1. The Hall–Kier alpha value is -1.65. The van der Waals surface area contributed by atoms with Gasteiger partial charge in [0.1, 0.15) is 5.75 Å². The Kier molecular flexibility index (Phi) is 7.21. The Morgan fingerprint density at radius 2 is 2.00 bits per heavy atom. The van der Waals surface area contributed by atoms with Crippen LogP contribution in [0.25, 0.3) is 0 Å². The summed E-state index contributed by atoms with van der Waals surface area (Å²) >= 11 is 7.76. The highest BCUT2D eigenvalue weighted by molar-refractivity contribution is 7.99. The summed E-state index contributed by atoms with van der Waals surface area (Å²) in [6, 6.07) is 11.6. The molecule has 2 rings (SSSR count). The predicted octanol–water partition coefficient (Wildman–Crippen LogP) is 5.53. The van der Waals surface area contributed by atoms with Crippen molar-refractivity contribution >= 4 is 29.3 Å². The lowest BCUT2D eigenvalue weighted by Crippen LogP contribution is -2.27. The number of halogens is 1. The first-order chi connectivity index (χ1) is 11.9. The van der Waals surface area contributed by atoms with Crippen LogP contribution in [-0.4, -0.2) is 22.9 Å². The summed E-state index contributed by atoms with van der Waals surface area (Å²) in [5.41, 5.74) is 3.36. The molecule has 5 heteroatoms. The van der Waals surface area contributed by atoms with Crippen LogP contribution in [0.15, 0.2) is 41.3 Å². The number of ether oxygens (including phenoxy) is 1. The Labute approximate surface area is 158 Å². The van der Waals surface area contributed by atoms with Gasteiger partial charge in [0.25, 0.3) is 0 Å². The van der Waals surface area contributed by atoms with Gasteiger partial charge in [-0.25, -0.2) is 4.79 Å². The Balaban J connectivity index is 1.99. The van der Waals surface area contributed by atoms with E-state index in [1.165, 1.54) is 16.0 Å². The topological polar surface area (TPSA) is 46.5 Å². The van der Waals surface area contributed by atoms with E-state index in [-0.39, 0.29) is 0 Å². The van der Waals surface area contributed by atoms with E-state index in [0.29, 0.717) is 22.9 Å². The molecule has 1 atom stereocenters. The van der Waals surface area contributed by atoms with Crippen LogP contribution in [0.1, 0.15) is 30.0 Å². The minimum absolute atomic E-state index is 0.428. The summed E-state index contributed by atoms with van der Waals surface area (Å²) < 4.78 is 5.69. The molecule has 0 aliphatic carbocycles. The van der Waals surface area contributed by atoms with Crippen LogP contribution in [-0.2, 0) is 11.2 Å². The van der Waals surface area contributed by atoms with Crippen LogP contribution in [0.2, 0.25) is 5.02 Å². The van der Waals surface area contributed by atoms with Gasteiger partial charge in [0.2, 0.25) is 0 Å². The number of carbonyl (C=O) groups is 1. The van der Waals surface area contributed by atoms with Crippen molar-refractivity contribution in [3.8, 4) is 5.75 Å². The highest BCUT2D eigenvalue weighted by atomic mass is 35.5. The zero-order chi connectivity index (χ0) is 18.4. The normalized spacial score (nSPS) is 12.0.